The maximum absolute atomic E-state index is 14.5. The van der Waals surface area contributed by atoms with Gasteiger partial charge in [-0.25, -0.2) is 8.78 Å². The van der Waals surface area contributed by atoms with E-state index in [1.54, 1.807) is 30.3 Å². The molecule has 0 aromatic heterocycles. The van der Waals surface area contributed by atoms with Gasteiger partial charge < -0.3 is 15.6 Å². The minimum atomic E-state index is -3.69. The van der Waals surface area contributed by atoms with Gasteiger partial charge in [0.25, 0.3) is 11.6 Å². The summed E-state index contributed by atoms with van der Waals surface area (Å²) in [5.41, 5.74) is 3.83. The van der Waals surface area contributed by atoms with E-state index in [1.165, 1.54) is 12.1 Å². The number of fused-ring (bicyclic) bond motifs is 1. The third kappa shape index (κ3) is 2.83. The standard InChI is InChI=1S/C17H16F2N2O4/c18-17(19,10-22)16(20)9-15(11-4-2-1-3-5-11)25-14-7-6-12(21(23)24)8-13(14)16/h1-8,15,22H,9-10,20H2/t15?,16-/m1/s1. The molecule has 1 heterocycles. The smallest absolute Gasteiger partial charge is 0.292 e. The largest absolute Gasteiger partial charge is 0.485 e. The molecule has 2 aromatic carbocycles. The van der Waals surface area contributed by atoms with E-state index in [2.05, 4.69) is 0 Å². The summed E-state index contributed by atoms with van der Waals surface area (Å²) in [6.45, 7) is -1.48. The van der Waals surface area contributed by atoms with Gasteiger partial charge in [0.05, 0.1) is 4.92 Å². The van der Waals surface area contributed by atoms with Gasteiger partial charge >= 0.3 is 0 Å². The molecule has 1 unspecified atom stereocenters. The number of benzene rings is 2. The number of halogens is 2. The van der Waals surface area contributed by atoms with Crippen molar-refractivity contribution in [3.8, 4) is 5.75 Å². The van der Waals surface area contributed by atoms with E-state index < -0.39 is 29.1 Å². The van der Waals surface area contributed by atoms with Crippen LogP contribution in [0.15, 0.2) is 48.5 Å². The van der Waals surface area contributed by atoms with Crippen LogP contribution in [0.2, 0.25) is 0 Å². The molecular weight excluding hydrogens is 334 g/mol. The lowest BCUT2D eigenvalue weighted by Gasteiger charge is -2.43. The third-order valence-electron chi connectivity index (χ3n) is 4.45. The van der Waals surface area contributed by atoms with Crippen LogP contribution in [-0.4, -0.2) is 22.6 Å². The highest BCUT2D eigenvalue weighted by atomic mass is 19.3. The number of nitro groups is 1. The van der Waals surface area contributed by atoms with E-state index in [0.717, 1.165) is 6.07 Å². The number of hydrogen-bond acceptors (Lipinski definition) is 5. The number of nitrogens with two attached hydrogens (primary N) is 1. The van der Waals surface area contributed by atoms with Crippen molar-refractivity contribution >= 4 is 5.69 Å². The van der Waals surface area contributed by atoms with E-state index in [4.69, 9.17) is 15.6 Å². The van der Waals surface area contributed by atoms with Crippen molar-refractivity contribution in [1.29, 1.82) is 0 Å². The Morgan fingerprint density at radius 1 is 1.32 bits per heavy atom. The van der Waals surface area contributed by atoms with E-state index in [9.17, 15) is 18.9 Å². The van der Waals surface area contributed by atoms with Crippen LogP contribution in [0.5, 0.6) is 5.75 Å². The molecule has 0 radical (unpaired) electrons. The van der Waals surface area contributed by atoms with Crippen molar-refractivity contribution in [1.82, 2.24) is 0 Å². The number of hydrogen-bond donors (Lipinski definition) is 2. The number of rotatable bonds is 4. The minimum absolute atomic E-state index is 0.0429. The number of aliphatic hydroxyl groups excluding tert-OH is 1. The molecule has 0 amide bonds. The van der Waals surface area contributed by atoms with Crippen LogP contribution in [0.3, 0.4) is 0 Å². The zero-order valence-electron chi connectivity index (χ0n) is 13.1. The second-order valence-corrected chi connectivity index (χ2v) is 5.99. The maximum atomic E-state index is 14.5. The molecule has 0 spiro atoms. The van der Waals surface area contributed by atoms with Crippen LogP contribution in [0, 0.1) is 10.1 Å². The average molecular weight is 350 g/mol. The molecule has 8 heteroatoms. The van der Waals surface area contributed by atoms with Gasteiger partial charge in [0.15, 0.2) is 0 Å². The van der Waals surface area contributed by atoms with Crippen LogP contribution in [0.25, 0.3) is 0 Å². The summed E-state index contributed by atoms with van der Waals surface area (Å²) in [6.07, 6.45) is -1.10. The normalized spacial score (nSPS) is 22.8. The highest BCUT2D eigenvalue weighted by Gasteiger charge is 2.56. The number of alkyl halides is 2. The number of aliphatic hydroxyl groups is 1. The predicted molar refractivity (Wildman–Crippen MR) is 85.4 cm³/mol. The lowest BCUT2D eigenvalue weighted by molar-refractivity contribution is -0.385. The summed E-state index contributed by atoms with van der Waals surface area (Å²) in [5, 5.41) is 20.2. The Labute approximate surface area is 142 Å². The summed E-state index contributed by atoms with van der Waals surface area (Å²) in [5.74, 6) is -3.64. The van der Waals surface area contributed by atoms with Crippen LogP contribution in [0.4, 0.5) is 14.5 Å². The molecule has 1 aliphatic heterocycles. The molecule has 0 fully saturated rings. The van der Waals surface area contributed by atoms with Crippen molar-refractivity contribution in [3.63, 3.8) is 0 Å². The first-order valence-corrected chi connectivity index (χ1v) is 7.56. The molecule has 0 saturated carbocycles. The summed E-state index contributed by atoms with van der Waals surface area (Å²) in [6, 6.07) is 12.1. The van der Waals surface area contributed by atoms with Crippen LogP contribution < -0.4 is 10.5 Å². The van der Waals surface area contributed by atoms with Gasteiger partial charge in [0.2, 0.25) is 0 Å². The lowest BCUT2D eigenvalue weighted by atomic mass is 9.76. The number of nitrogens with zero attached hydrogens (tertiary/aromatic N) is 1. The van der Waals surface area contributed by atoms with E-state index in [1.807, 2.05) is 0 Å². The molecule has 6 nitrogen and oxygen atoms in total. The molecule has 0 saturated heterocycles. The molecule has 3 rings (SSSR count). The Kier molecular flexibility index (Phi) is 4.18. The van der Waals surface area contributed by atoms with E-state index in [0.29, 0.717) is 5.56 Å². The van der Waals surface area contributed by atoms with Gasteiger partial charge in [-0.3, -0.25) is 10.1 Å². The average Bonchev–Trinajstić information content (AvgIpc) is 2.61. The first-order chi connectivity index (χ1) is 11.8. The Balaban J connectivity index is 2.15. The van der Waals surface area contributed by atoms with E-state index in [-0.39, 0.29) is 23.4 Å². The second kappa shape index (κ2) is 6.05. The Bertz CT molecular complexity index is 800. The van der Waals surface area contributed by atoms with Crippen molar-refractivity contribution in [3.05, 3.63) is 69.8 Å². The lowest BCUT2D eigenvalue weighted by Crippen LogP contribution is -2.57. The van der Waals surface area contributed by atoms with Gasteiger partial charge in [-0.1, -0.05) is 30.3 Å². The Morgan fingerprint density at radius 3 is 2.60 bits per heavy atom. The van der Waals surface area contributed by atoms with Gasteiger partial charge in [0.1, 0.15) is 24.0 Å². The van der Waals surface area contributed by atoms with Gasteiger partial charge in [-0.05, 0) is 11.6 Å². The van der Waals surface area contributed by atoms with Crippen molar-refractivity contribution < 1.29 is 23.5 Å². The topological polar surface area (TPSA) is 98.6 Å². The highest BCUT2D eigenvalue weighted by Crippen LogP contribution is 2.50. The SMILES string of the molecule is N[C@]1(C(F)(F)CO)CC(c2ccccc2)Oc2ccc([N+](=O)[O-])cc21. The fourth-order valence-electron chi connectivity index (χ4n) is 3.02. The maximum Gasteiger partial charge on any atom is 0.292 e. The number of ether oxygens (including phenoxy) is 1. The molecule has 25 heavy (non-hydrogen) atoms. The number of non-ortho nitro benzene ring substituents is 1. The molecule has 2 atom stereocenters. The fourth-order valence-corrected chi connectivity index (χ4v) is 3.02. The summed E-state index contributed by atoms with van der Waals surface area (Å²) < 4.78 is 34.8. The summed E-state index contributed by atoms with van der Waals surface area (Å²) >= 11 is 0. The van der Waals surface area contributed by atoms with Crippen LogP contribution in [-0.2, 0) is 5.54 Å². The van der Waals surface area contributed by atoms with Crippen molar-refractivity contribution in [2.45, 2.75) is 24.0 Å². The molecule has 0 bridgehead atoms. The highest BCUT2D eigenvalue weighted by molar-refractivity contribution is 5.50. The molecule has 132 valence electrons. The molecule has 1 aliphatic rings. The zero-order valence-corrected chi connectivity index (χ0v) is 13.1. The first kappa shape index (κ1) is 17.2. The molecule has 3 N–H and O–H groups in total. The Morgan fingerprint density at radius 2 is 2.00 bits per heavy atom. The van der Waals surface area contributed by atoms with Crippen LogP contribution in [0.1, 0.15) is 23.7 Å². The monoisotopic (exact) mass is 350 g/mol. The predicted octanol–water partition coefficient (Wildman–Crippen LogP) is 2.90. The van der Waals surface area contributed by atoms with Gasteiger partial charge in [-0.15, -0.1) is 0 Å². The summed E-state index contributed by atoms with van der Waals surface area (Å²) in [7, 11) is 0. The minimum Gasteiger partial charge on any atom is -0.485 e. The molecule has 0 aliphatic carbocycles. The number of nitro benzene ring substituents is 1. The molecule has 2 aromatic rings. The molecular formula is C17H16F2N2O4. The van der Waals surface area contributed by atoms with Crippen molar-refractivity contribution in [2.24, 2.45) is 5.73 Å². The van der Waals surface area contributed by atoms with Crippen molar-refractivity contribution in [2.75, 3.05) is 6.61 Å². The fraction of sp³-hybridized carbons (Fsp3) is 0.294. The zero-order chi connectivity index (χ0) is 18.2. The summed E-state index contributed by atoms with van der Waals surface area (Å²) in [4.78, 5) is 10.3. The third-order valence-corrected chi connectivity index (χ3v) is 4.45. The van der Waals surface area contributed by atoms with E-state index >= 15 is 0 Å². The first-order valence-electron chi connectivity index (χ1n) is 7.56. The quantitative estimate of drug-likeness (QED) is 0.652. The van der Waals surface area contributed by atoms with Gasteiger partial charge in [0, 0.05) is 24.1 Å². The second-order valence-electron chi connectivity index (χ2n) is 5.99. The Hall–Kier alpha value is -2.58. The van der Waals surface area contributed by atoms with Crippen LogP contribution >= 0.6 is 0 Å². The van der Waals surface area contributed by atoms with Gasteiger partial charge in [-0.2, -0.15) is 0 Å².